The second kappa shape index (κ2) is 6.34. The Bertz CT molecular complexity index is 722. The fourth-order valence-corrected chi connectivity index (χ4v) is 3.85. The number of hydrogen-bond acceptors (Lipinski definition) is 4. The molecular weight excluding hydrogens is 298 g/mol. The Morgan fingerprint density at radius 3 is 2.71 bits per heavy atom. The normalized spacial score (nSPS) is 21.5. The summed E-state index contributed by atoms with van der Waals surface area (Å²) >= 11 is 0. The van der Waals surface area contributed by atoms with Crippen molar-refractivity contribution in [2.75, 3.05) is 37.7 Å². The van der Waals surface area contributed by atoms with E-state index in [0.717, 1.165) is 37.6 Å². The van der Waals surface area contributed by atoms with E-state index in [1.54, 1.807) is 0 Å². The molecule has 4 nitrogen and oxygen atoms in total. The van der Waals surface area contributed by atoms with Crippen molar-refractivity contribution in [1.29, 1.82) is 0 Å². The van der Waals surface area contributed by atoms with Crippen LogP contribution in [0.15, 0.2) is 30.3 Å². The Balaban J connectivity index is 1.55. The standard InChI is InChI=1S/C20H27N3O/c1-20(2)15-23(11-12-24-20)19-8-6-17-13-16(5-7-18(17)21-19)14-22-9-3-4-10-22/h5-8,13H,3-4,9-12,14-15H2,1-2H3. The van der Waals surface area contributed by atoms with Crippen molar-refractivity contribution in [3.05, 3.63) is 35.9 Å². The van der Waals surface area contributed by atoms with Crippen LogP contribution in [0, 0.1) is 0 Å². The molecule has 2 aliphatic heterocycles. The minimum Gasteiger partial charge on any atom is -0.372 e. The van der Waals surface area contributed by atoms with Gasteiger partial charge in [-0.25, -0.2) is 4.98 Å². The van der Waals surface area contributed by atoms with Gasteiger partial charge >= 0.3 is 0 Å². The molecule has 2 fully saturated rings. The van der Waals surface area contributed by atoms with Crippen LogP contribution in [0.3, 0.4) is 0 Å². The summed E-state index contributed by atoms with van der Waals surface area (Å²) < 4.78 is 5.81. The zero-order valence-corrected chi connectivity index (χ0v) is 14.8. The van der Waals surface area contributed by atoms with Crippen molar-refractivity contribution in [1.82, 2.24) is 9.88 Å². The first kappa shape index (κ1) is 15.9. The maximum Gasteiger partial charge on any atom is 0.129 e. The fourth-order valence-electron chi connectivity index (χ4n) is 3.85. The van der Waals surface area contributed by atoms with Gasteiger partial charge in [-0.15, -0.1) is 0 Å². The SMILES string of the molecule is CC1(C)CN(c2ccc3cc(CN4CCCC4)ccc3n2)CCO1. The number of ether oxygens (including phenoxy) is 1. The Morgan fingerprint density at radius 2 is 1.92 bits per heavy atom. The van der Waals surface area contributed by atoms with Crippen molar-refractivity contribution < 1.29 is 4.74 Å². The molecule has 4 rings (SSSR count). The molecular formula is C20H27N3O. The summed E-state index contributed by atoms with van der Waals surface area (Å²) in [7, 11) is 0. The molecule has 0 radical (unpaired) electrons. The molecule has 128 valence electrons. The number of morpholine rings is 1. The molecule has 0 saturated carbocycles. The number of aromatic nitrogens is 1. The van der Waals surface area contributed by atoms with Crippen molar-refractivity contribution in [2.24, 2.45) is 0 Å². The van der Waals surface area contributed by atoms with Gasteiger partial charge in [-0.1, -0.05) is 6.07 Å². The Labute approximate surface area is 144 Å². The number of rotatable bonds is 3. The number of hydrogen-bond donors (Lipinski definition) is 0. The number of likely N-dealkylation sites (tertiary alicyclic amines) is 1. The van der Waals surface area contributed by atoms with E-state index in [-0.39, 0.29) is 5.60 Å². The highest BCUT2D eigenvalue weighted by atomic mass is 16.5. The van der Waals surface area contributed by atoms with Crippen LogP contribution in [0.1, 0.15) is 32.3 Å². The molecule has 0 spiro atoms. The highest BCUT2D eigenvalue weighted by Gasteiger charge is 2.27. The molecule has 0 bridgehead atoms. The maximum absolute atomic E-state index is 5.81. The van der Waals surface area contributed by atoms with E-state index in [9.17, 15) is 0 Å². The smallest absolute Gasteiger partial charge is 0.129 e. The van der Waals surface area contributed by atoms with Gasteiger partial charge in [0.2, 0.25) is 0 Å². The molecule has 0 atom stereocenters. The molecule has 1 aromatic carbocycles. The lowest BCUT2D eigenvalue weighted by atomic mass is 10.1. The predicted molar refractivity (Wildman–Crippen MR) is 98.5 cm³/mol. The minimum absolute atomic E-state index is 0.103. The zero-order valence-electron chi connectivity index (χ0n) is 14.8. The number of nitrogens with zero attached hydrogens (tertiary/aromatic N) is 3. The first-order valence-electron chi connectivity index (χ1n) is 9.10. The summed E-state index contributed by atoms with van der Waals surface area (Å²) in [6, 6.07) is 11.1. The molecule has 24 heavy (non-hydrogen) atoms. The van der Waals surface area contributed by atoms with Gasteiger partial charge in [0, 0.05) is 25.0 Å². The molecule has 4 heteroatoms. The van der Waals surface area contributed by atoms with Crippen LogP contribution in [0.25, 0.3) is 10.9 Å². The highest BCUT2D eigenvalue weighted by molar-refractivity contribution is 5.81. The third-order valence-corrected chi connectivity index (χ3v) is 5.09. The summed E-state index contributed by atoms with van der Waals surface area (Å²) in [4.78, 5) is 9.77. The number of benzene rings is 1. The molecule has 2 aromatic rings. The van der Waals surface area contributed by atoms with Crippen LogP contribution in [-0.4, -0.2) is 48.3 Å². The molecule has 0 unspecified atom stereocenters. The molecule has 3 heterocycles. The largest absolute Gasteiger partial charge is 0.372 e. The lowest BCUT2D eigenvalue weighted by molar-refractivity contribution is -0.0278. The zero-order chi connectivity index (χ0) is 16.6. The Morgan fingerprint density at radius 1 is 1.08 bits per heavy atom. The quantitative estimate of drug-likeness (QED) is 0.864. The number of anilines is 1. The van der Waals surface area contributed by atoms with Gasteiger partial charge in [0.25, 0.3) is 0 Å². The van der Waals surface area contributed by atoms with Crippen LogP contribution in [0.5, 0.6) is 0 Å². The third-order valence-electron chi connectivity index (χ3n) is 5.09. The molecule has 0 amide bonds. The van der Waals surface area contributed by atoms with E-state index in [0.29, 0.717) is 0 Å². The van der Waals surface area contributed by atoms with Gasteiger partial charge in [0.1, 0.15) is 5.82 Å². The van der Waals surface area contributed by atoms with Crippen LogP contribution >= 0.6 is 0 Å². The summed E-state index contributed by atoms with van der Waals surface area (Å²) in [5, 5.41) is 1.24. The van der Waals surface area contributed by atoms with Crippen LogP contribution in [-0.2, 0) is 11.3 Å². The van der Waals surface area contributed by atoms with E-state index in [1.165, 1.54) is 36.9 Å². The fraction of sp³-hybridized carbons (Fsp3) is 0.550. The molecule has 1 aromatic heterocycles. The Hall–Kier alpha value is -1.65. The number of pyridine rings is 1. The van der Waals surface area contributed by atoms with Gasteiger partial charge in [-0.3, -0.25) is 4.90 Å². The first-order chi connectivity index (χ1) is 11.6. The van der Waals surface area contributed by atoms with E-state index in [1.807, 2.05) is 0 Å². The van der Waals surface area contributed by atoms with Gasteiger partial charge in [-0.05, 0) is 69.6 Å². The highest BCUT2D eigenvalue weighted by Crippen LogP contribution is 2.25. The van der Waals surface area contributed by atoms with Gasteiger partial charge in [0.15, 0.2) is 0 Å². The second-order valence-electron chi connectivity index (χ2n) is 7.71. The predicted octanol–water partition coefficient (Wildman–Crippen LogP) is 3.45. The average molecular weight is 325 g/mol. The van der Waals surface area contributed by atoms with E-state index in [4.69, 9.17) is 9.72 Å². The summed E-state index contributed by atoms with van der Waals surface area (Å²) in [6.45, 7) is 10.4. The lowest BCUT2D eigenvalue weighted by Gasteiger charge is -2.38. The van der Waals surface area contributed by atoms with Gasteiger partial charge in [0.05, 0.1) is 17.7 Å². The average Bonchev–Trinajstić information content (AvgIpc) is 3.06. The summed E-state index contributed by atoms with van der Waals surface area (Å²) in [5.74, 6) is 1.06. The summed E-state index contributed by atoms with van der Waals surface area (Å²) in [5.41, 5.74) is 2.38. The van der Waals surface area contributed by atoms with Crippen molar-refractivity contribution in [3.8, 4) is 0 Å². The molecule has 2 saturated heterocycles. The van der Waals surface area contributed by atoms with Gasteiger partial charge in [-0.2, -0.15) is 0 Å². The first-order valence-corrected chi connectivity index (χ1v) is 9.10. The lowest BCUT2D eigenvalue weighted by Crippen LogP contribution is -2.48. The van der Waals surface area contributed by atoms with Crippen LogP contribution < -0.4 is 4.90 Å². The van der Waals surface area contributed by atoms with Crippen LogP contribution in [0.2, 0.25) is 0 Å². The molecule has 2 aliphatic rings. The van der Waals surface area contributed by atoms with Crippen molar-refractivity contribution in [3.63, 3.8) is 0 Å². The van der Waals surface area contributed by atoms with Crippen molar-refractivity contribution in [2.45, 2.75) is 38.8 Å². The van der Waals surface area contributed by atoms with Crippen molar-refractivity contribution >= 4 is 16.7 Å². The minimum atomic E-state index is -0.103. The van der Waals surface area contributed by atoms with E-state index in [2.05, 4.69) is 54.0 Å². The Kier molecular flexibility index (Phi) is 4.19. The van der Waals surface area contributed by atoms with E-state index < -0.39 is 0 Å². The maximum atomic E-state index is 5.81. The van der Waals surface area contributed by atoms with E-state index >= 15 is 0 Å². The monoisotopic (exact) mass is 325 g/mol. The number of fused-ring (bicyclic) bond motifs is 1. The second-order valence-corrected chi connectivity index (χ2v) is 7.71. The molecule has 0 N–H and O–H groups in total. The van der Waals surface area contributed by atoms with Crippen LogP contribution in [0.4, 0.5) is 5.82 Å². The summed E-state index contributed by atoms with van der Waals surface area (Å²) in [6.07, 6.45) is 2.68. The third kappa shape index (κ3) is 3.40. The topological polar surface area (TPSA) is 28.6 Å². The molecule has 0 aliphatic carbocycles. The van der Waals surface area contributed by atoms with Gasteiger partial charge < -0.3 is 9.64 Å².